The van der Waals surface area contributed by atoms with E-state index in [1.807, 2.05) is 20.8 Å². The zero-order chi connectivity index (χ0) is 19.9. The molecule has 2 rings (SSSR count). The molecule has 0 aliphatic carbocycles. The minimum atomic E-state index is -0.503. The van der Waals surface area contributed by atoms with E-state index < -0.39 is 5.60 Å². The zero-order valence-corrected chi connectivity index (χ0v) is 17.9. The highest BCUT2D eigenvalue weighted by molar-refractivity contribution is 5.68. The Kier molecular flexibility index (Phi) is 5.38. The first-order valence-electron chi connectivity index (χ1n) is 9.47. The van der Waals surface area contributed by atoms with E-state index in [-0.39, 0.29) is 16.9 Å². The van der Waals surface area contributed by atoms with Crippen LogP contribution >= 0.6 is 0 Å². The lowest BCUT2D eigenvalue weighted by Crippen LogP contribution is -2.37. The Morgan fingerprint density at radius 3 is 2.12 bits per heavy atom. The van der Waals surface area contributed by atoms with Gasteiger partial charge in [0, 0.05) is 11.1 Å². The van der Waals surface area contributed by atoms with E-state index in [0.29, 0.717) is 19.7 Å². The zero-order valence-electron chi connectivity index (χ0n) is 17.9. The second kappa shape index (κ2) is 6.79. The Balaban J connectivity index is 2.48. The van der Waals surface area contributed by atoms with E-state index in [0.717, 1.165) is 11.3 Å². The Bertz CT molecular complexity index is 672. The number of benzene rings is 1. The van der Waals surface area contributed by atoms with Gasteiger partial charge in [-0.15, -0.1) is 0 Å². The van der Waals surface area contributed by atoms with Crippen molar-refractivity contribution in [3.05, 3.63) is 28.8 Å². The average molecular weight is 362 g/mol. The van der Waals surface area contributed by atoms with Crippen molar-refractivity contribution in [3.63, 3.8) is 0 Å². The van der Waals surface area contributed by atoms with Gasteiger partial charge in [0.2, 0.25) is 0 Å². The molecule has 4 heteroatoms. The molecule has 0 N–H and O–H groups in total. The summed E-state index contributed by atoms with van der Waals surface area (Å²) in [5.41, 5.74) is 3.01. The molecule has 26 heavy (non-hydrogen) atoms. The van der Waals surface area contributed by atoms with Gasteiger partial charge in [0.25, 0.3) is 0 Å². The first-order valence-corrected chi connectivity index (χ1v) is 9.47. The summed E-state index contributed by atoms with van der Waals surface area (Å²) < 4.78 is 11.7. The minimum absolute atomic E-state index is 0.0259. The summed E-state index contributed by atoms with van der Waals surface area (Å²) in [5, 5.41) is 0. The summed E-state index contributed by atoms with van der Waals surface area (Å²) in [6, 6.07) is 4.45. The van der Waals surface area contributed by atoms with Crippen LogP contribution in [-0.2, 0) is 22.1 Å². The molecule has 0 bridgehead atoms. The number of fused-ring (bicyclic) bond motifs is 1. The molecule has 1 aromatic carbocycles. The second-order valence-electron chi connectivity index (χ2n) is 10.3. The van der Waals surface area contributed by atoms with Crippen LogP contribution in [0.3, 0.4) is 0 Å². The number of rotatable bonds is 0. The summed E-state index contributed by atoms with van der Waals surface area (Å²) in [6.45, 7) is 20.4. The molecule has 0 saturated heterocycles. The molecule has 0 fully saturated rings. The highest BCUT2D eigenvalue weighted by Crippen LogP contribution is 2.39. The molecule has 1 aliphatic rings. The van der Waals surface area contributed by atoms with Gasteiger partial charge in [0.15, 0.2) is 0 Å². The Morgan fingerprint density at radius 1 is 1.00 bits per heavy atom. The molecule has 0 saturated carbocycles. The quantitative estimate of drug-likeness (QED) is 0.620. The van der Waals surface area contributed by atoms with Gasteiger partial charge < -0.3 is 14.4 Å². The third-order valence-corrected chi connectivity index (χ3v) is 4.46. The second-order valence-corrected chi connectivity index (χ2v) is 10.3. The van der Waals surface area contributed by atoms with Gasteiger partial charge in [-0.1, -0.05) is 47.6 Å². The third kappa shape index (κ3) is 4.93. The topological polar surface area (TPSA) is 38.8 Å². The molecule has 0 unspecified atom stereocenters. The monoisotopic (exact) mass is 361 g/mol. The van der Waals surface area contributed by atoms with Crippen molar-refractivity contribution in [1.29, 1.82) is 0 Å². The highest BCUT2D eigenvalue weighted by Gasteiger charge is 2.30. The number of nitrogens with zero attached hydrogens (tertiary/aromatic N) is 1. The highest BCUT2D eigenvalue weighted by atomic mass is 16.6. The maximum absolute atomic E-state index is 12.6. The number of hydrogen-bond acceptors (Lipinski definition) is 3. The summed E-state index contributed by atoms with van der Waals surface area (Å²) in [5.74, 6) is 0.927. The average Bonchev–Trinajstić information content (AvgIpc) is 2.64. The van der Waals surface area contributed by atoms with Crippen LogP contribution in [0.25, 0.3) is 0 Å². The van der Waals surface area contributed by atoms with Crippen LogP contribution in [0.4, 0.5) is 4.79 Å². The normalized spacial score (nSPS) is 15.8. The van der Waals surface area contributed by atoms with Gasteiger partial charge in [-0.25, -0.2) is 4.79 Å². The van der Waals surface area contributed by atoms with Crippen LogP contribution in [0.2, 0.25) is 0 Å². The SMILES string of the molecule is CC(C)(C)OC(=O)N1CCOc2c(cc(C(C)(C)C)cc2C(C)(C)C)C1. The molecular weight excluding hydrogens is 326 g/mol. The molecule has 146 valence electrons. The smallest absolute Gasteiger partial charge is 0.410 e. The molecule has 1 aromatic rings. The van der Waals surface area contributed by atoms with Crippen LogP contribution in [0.1, 0.15) is 79.0 Å². The maximum atomic E-state index is 12.6. The van der Waals surface area contributed by atoms with E-state index in [4.69, 9.17) is 9.47 Å². The predicted molar refractivity (Wildman–Crippen MR) is 106 cm³/mol. The van der Waals surface area contributed by atoms with Crippen LogP contribution < -0.4 is 4.74 Å². The van der Waals surface area contributed by atoms with Crippen molar-refractivity contribution in [2.45, 2.75) is 85.3 Å². The fraction of sp³-hybridized carbons (Fsp3) is 0.682. The van der Waals surface area contributed by atoms with Crippen molar-refractivity contribution >= 4 is 6.09 Å². The molecular formula is C22H35NO3. The number of amides is 1. The van der Waals surface area contributed by atoms with Gasteiger partial charge in [-0.05, 0) is 43.2 Å². The van der Waals surface area contributed by atoms with Crippen LogP contribution in [0, 0.1) is 0 Å². The fourth-order valence-corrected chi connectivity index (χ4v) is 2.99. The fourth-order valence-electron chi connectivity index (χ4n) is 2.99. The molecule has 1 aliphatic heterocycles. The van der Waals surface area contributed by atoms with E-state index in [1.165, 1.54) is 11.1 Å². The van der Waals surface area contributed by atoms with Crippen molar-refractivity contribution < 1.29 is 14.3 Å². The van der Waals surface area contributed by atoms with Gasteiger partial charge in [0.05, 0.1) is 13.1 Å². The molecule has 0 atom stereocenters. The van der Waals surface area contributed by atoms with E-state index in [1.54, 1.807) is 4.90 Å². The number of carbonyl (C=O) groups excluding carboxylic acids is 1. The van der Waals surface area contributed by atoms with Crippen LogP contribution in [-0.4, -0.2) is 29.7 Å². The van der Waals surface area contributed by atoms with Crippen molar-refractivity contribution in [2.75, 3.05) is 13.2 Å². The van der Waals surface area contributed by atoms with E-state index in [9.17, 15) is 4.79 Å². The molecule has 0 aromatic heterocycles. The summed E-state index contributed by atoms with van der Waals surface area (Å²) >= 11 is 0. The Labute approximate surface area is 158 Å². The van der Waals surface area contributed by atoms with Gasteiger partial charge in [-0.2, -0.15) is 0 Å². The first-order chi connectivity index (χ1) is 11.7. The van der Waals surface area contributed by atoms with Gasteiger partial charge in [-0.3, -0.25) is 0 Å². The summed E-state index contributed by atoms with van der Waals surface area (Å²) in [6.07, 6.45) is -0.285. The Morgan fingerprint density at radius 2 is 1.62 bits per heavy atom. The summed E-state index contributed by atoms with van der Waals surface area (Å²) in [4.78, 5) is 14.3. The van der Waals surface area contributed by atoms with E-state index >= 15 is 0 Å². The van der Waals surface area contributed by atoms with Crippen LogP contribution in [0.5, 0.6) is 5.75 Å². The molecule has 0 radical (unpaired) electrons. The van der Waals surface area contributed by atoms with Gasteiger partial charge in [0.1, 0.15) is 18.0 Å². The number of hydrogen-bond donors (Lipinski definition) is 0. The minimum Gasteiger partial charge on any atom is -0.491 e. The third-order valence-electron chi connectivity index (χ3n) is 4.46. The standard InChI is InChI=1S/C22H35NO3/c1-20(2,3)16-12-15-14-23(19(24)26-22(7,8)9)10-11-25-18(15)17(13-16)21(4,5)6/h12-13H,10-11,14H2,1-9H3. The van der Waals surface area contributed by atoms with Crippen molar-refractivity contribution in [3.8, 4) is 5.75 Å². The number of carbonyl (C=O) groups is 1. The Hall–Kier alpha value is -1.71. The lowest BCUT2D eigenvalue weighted by Gasteiger charge is -2.29. The van der Waals surface area contributed by atoms with E-state index in [2.05, 4.69) is 53.7 Å². The van der Waals surface area contributed by atoms with Crippen LogP contribution in [0.15, 0.2) is 12.1 Å². The van der Waals surface area contributed by atoms with Gasteiger partial charge >= 0.3 is 6.09 Å². The molecule has 1 amide bonds. The molecule has 1 heterocycles. The lowest BCUT2D eigenvalue weighted by molar-refractivity contribution is 0.0225. The summed E-state index contributed by atoms with van der Waals surface area (Å²) in [7, 11) is 0. The first kappa shape index (κ1) is 20.6. The maximum Gasteiger partial charge on any atom is 0.410 e. The van der Waals surface area contributed by atoms with Crippen molar-refractivity contribution in [1.82, 2.24) is 4.90 Å². The lowest BCUT2D eigenvalue weighted by atomic mass is 9.79. The number of ether oxygens (including phenoxy) is 2. The van der Waals surface area contributed by atoms with Crippen molar-refractivity contribution in [2.24, 2.45) is 0 Å². The largest absolute Gasteiger partial charge is 0.491 e. The predicted octanol–water partition coefficient (Wildman–Crippen LogP) is 5.41. The molecule has 4 nitrogen and oxygen atoms in total. The molecule has 0 spiro atoms.